The van der Waals surface area contributed by atoms with Crippen molar-refractivity contribution in [2.75, 3.05) is 20.3 Å². The SMILES string of the molecule is COCCCOc1c(C)cccc1CNC(C)C. The van der Waals surface area contributed by atoms with Crippen molar-refractivity contribution in [3.8, 4) is 5.75 Å². The van der Waals surface area contributed by atoms with Gasteiger partial charge in [-0.3, -0.25) is 0 Å². The van der Waals surface area contributed by atoms with Gasteiger partial charge in [0.25, 0.3) is 0 Å². The van der Waals surface area contributed by atoms with E-state index in [0.29, 0.717) is 12.6 Å². The number of hydrogen-bond donors (Lipinski definition) is 1. The van der Waals surface area contributed by atoms with Crippen LogP contribution in [0.3, 0.4) is 0 Å². The zero-order valence-electron chi connectivity index (χ0n) is 12.0. The third-order valence-electron chi connectivity index (χ3n) is 2.73. The Bertz CT molecular complexity index is 350. The summed E-state index contributed by atoms with van der Waals surface area (Å²) in [5, 5.41) is 3.43. The maximum absolute atomic E-state index is 5.88. The summed E-state index contributed by atoms with van der Waals surface area (Å²) in [6.07, 6.45) is 0.919. The van der Waals surface area contributed by atoms with Gasteiger partial charge in [-0.2, -0.15) is 0 Å². The van der Waals surface area contributed by atoms with Crippen LogP contribution in [0.4, 0.5) is 0 Å². The van der Waals surface area contributed by atoms with Gasteiger partial charge in [0.15, 0.2) is 0 Å². The van der Waals surface area contributed by atoms with Crippen LogP contribution in [0.25, 0.3) is 0 Å². The van der Waals surface area contributed by atoms with Gasteiger partial charge in [-0.1, -0.05) is 32.0 Å². The molecule has 1 aromatic carbocycles. The van der Waals surface area contributed by atoms with Gasteiger partial charge in [-0.05, 0) is 12.5 Å². The van der Waals surface area contributed by atoms with Crippen molar-refractivity contribution in [3.63, 3.8) is 0 Å². The van der Waals surface area contributed by atoms with Crippen LogP contribution < -0.4 is 10.1 Å². The fraction of sp³-hybridized carbons (Fsp3) is 0.600. The van der Waals surface area contributed by atoms with E-state index in [4.69, 9.17) is 9.47 Å². The third kappa shape index (κ3) is 5.07. The minimum atomic E-state index is 0.479. The van der Waals surface area contributed by atoms with E-state index in [1.165, 1.54) is 11.1 Å². The van der Waals surface area contributed by atoms with Crippen LogP contribution in [0.2, 0.25) is 0 Å². The lowest BCUT2D eigenvalue weighted by Gasteiger charge is -2.15. The number of aryl methyl sites for hydroxylation is 1. The summed E-state index contributed by atoms with van der Waals surface area (Å²) in [5.74, 6) is 1.02. The number of methoxy groups -OCH3 is 1. The van der Waals surface area contributed by atoms with E-state index in [1.54, 1.807) is 7.11 Å². The van der Waals surface area contributed by atoms with Gasteiger partial charge in [0, 0.05) is 38.3 Å². The third-order valence-corrected chi connectivity index (χ3v) is 2.73. The minimum absolute atomic E-state index is 0.479. The fourth-order valence-electron chi connectivity index (χ4n) is 1.75. The molecule has 0 spiro atoms. The standard InChI is InChI=1S/C15H25NO2/c1-12(2)16-11-14-8-5-7-13(3)15(14)18-10-6-9-17-4/h5,7-8,12,16H,6,9-11H2,1-4H3. The van der Waals surface area contributed by atoms with E-state index >= 15 is 0 Å². The predicted octanol–water partition coefficient (Wildman–Crippen LogP) is 2.91. The molecule has 0 bridgehead atoms. The molecule has 3 heteroatoms. The van der Waals surface area contributed by atoms with Crippen molar-refractivity contribution in [2.24, 2.45) is 0 Å². The number of hydrogen-bond acceptors (Lipinski definition) is 3. The summed E-state index contributed by atoms with van der Waals surface area (Å²) in [6, 6.07) is 6.76. The topological polar surface area (TPSA) is 30.5 Å². The van der Waals surface area contributed by atoms with Crippen molar-refractivity contribution in [1.82, 2.24) is 5.32 Å². The lowest BCUT2D eigenvalue weighted by atomic mass is 10.1. The first kappa shape index (κ1) is 15.0. The molecule has 3 nitrogen and oxygen atoms in total. The minimum Gasteiger partial charge on any atom is -0.493 e. The molecule has 0 saturated carbocycles. The fourth-order valence-corrected chi connectivity index (χ4v) is 1.75. The Morgan fingerprint density at radius 2 is 2.00 bits per heavy atom. The van der Waals surface area contributed by atoms with Crippen LogP contribution >= 0.6 is 0 Å². The summed E-state index contributed by atoms with van der Waals surface area (Å²) in [6.45, 7) is 8.67. The summed E-state index contributed by atoms with van der Waals surface area (Å²) >= 11 is 0. The summed E-state index contributed by atoms with van der Waals surface area (Å²) < 4.78 is 10.9. The molecule has 0 aliphatic rings. The van der Waals surface area contributed by atoms with Crippen LogP contribution in [0.15, 0.2) is 18.2 Å². The van der Waals surface area contributed by atoms with Crippen molar-refractivity contribution in [1.29, 1.82) is 0 Å². The van der Waals surface area contributed by atoms with Crippen molar-refractivity contribution in [3.05, 3.63) is 29.3 Å². The van der Waals surface area contributed by atoms with Crippen LogP contribution in [-0.2, 0) is 11.3 Å². The molecule has 1 rings (SSSR count). The molecule has 0 aliphatic heterocycles. The molecule has 102 valence electrons. The summed E-state index contributed by atoms with van der Waals surface area (Å²) in [5.41, 5.74) is 2.41. The second kappa shape index (κ2) is 8.11. The largest absolute Gasteiger partial charge is 0.493 e. The van der Waals surface area contributed by atoms with Crippen molar-refractivity contribution < 1.29 is 9.47 Å². The average Bonchev–Trinajstić information content (AvgIpc) is 2.34. The molecule has 18 heavy (non-hydrogen) atoms. The van der Waals surface area contributed by atoms with Gasteiger partial charge >= 0.3 is 0 Å². The summed E-state index contributed by atoms with van der Waals surface area (Å²) in [7, 11) is 1.71. The Hall–Kier alpha value is -1.06. The Balaban J connectivity index is 2.62. The van der Waals surface area contributed by atoms with Gasteiger partial charge in [0.2, 0.25) is 0 Å². The smallest absolute Gasteiger partial charge is 0.126 e. The first-order chi connectivity index (χ1) is 8.65. The zero-order valence-corrected chi connectivity index (χ0v) is 12.0. The highest BCUT2D eigenvalue weighted by Crippen LogP contribution is 2.23. The Kier molecular flexibility index (Phi) is 6.76. The number of benzene rings is 1. The zero-order chi connectivity index (χ0) is 13.4. The molecule has 1 N–H and O–H groups in total. The van der Waals surface area contributed by atoms with E-state index in [1.807, 2.05) is 0 Å². The van der Waals surface area contributed by atoms with E-state index in [-0.39, 0.29) is 0 Å². The Morgan fingerprint density at radius 1 is 1.22 bits per heavy atom. The normalized spacial score (nSPS) is 10.9. The van der Waals surface area contributed by atoms with Crippen LogP contribution in [-0.4, -0.2) is 26.4 Å². The molecule has 0 aromatic heterocycles. The number of rotatable bonds is 8. The Labute approximate surface area is 110 Å². The molecule has 0 saturated heterocycles. The molecule has 0 radical (unpaired) electrons. The van der Waals surface area contributed by atoms with Crippen LogP contribution in [0.5, 0.6) is 5.75 Å². The molecular weight excluding hydrogens is 226 g/mol. The highest BCUT2D eigenvalue weighted by atomic mass is 16.5. The van der Waals surface area contributed by atoms with E-state index in [9.17, 15) is 0 Å². The highest BCUT2D eigenvalue weighted by molar-refractivity contribution is 5.40. The Morgan fingerprint density at radius 3 is 2.67 bits per heavy atom. The van der Waals surface area contributed by atoms with E-state index < -0.39 is 0 Å². The predicted molar refractivity (Wildman–Crippen MR) is 75.1 cm³/mol. The second-order valence-corrected chi connectivity index (χ2v) is 4.79. The number of ether oxygens (including phenoxy) is 2. The number of nitrogens with one attached hydrogen (secondary N) is 1. The molecule has 0 amide bonds. The first-order valence-corrected chi connectivity index (χ1v) is 6.58. The molecule has 0 unspecified atom stereocenters. The first-order valence-electron chi connectivity index (χ1n) is 6.58. The second-order valence-electron chi connectivity index (χ2n) is 4.79. The van der Waals surface area contributed by atoms with Gasteiger partial charge in [0.1, 0.15) is 5.75 Å². The molecule has 1 aromatic rings. The number of para-hydroxylation sites is 1. The average molecular weight is 251 g/mol. The van der Waals surface area contributed by atoms with Crippen molar-refractivity contribution in [2.45, 2.75) is 39.8 Å². The maximum Gasteiger partial charge on any atom is 0.126 e. The van der Waals surface area contributed by atoms with Gasteiger partial charge in [-0.25, -0.2) is 0 Å². The lowest BCUT2D eigenvalue weighted by Crippen LogP contribution is -2.22. The van der Waals surface area contributed by atoms with Crippen LogP contribution in [0, 0.1) is 6.92 Å². The maximum atomic E-state index is 5.88. The van der Waals surface area contributed by atoms with E-state index in [2.05, 4.69) is 44.3 Å². The molecule has 0 fully saturated rings. The van der Waals surface area contributed by atoms with Gasteiger partial charge < -0.3 is 14.8 Å². The quantitative estimate of drug-likeness (QED) is 0.721. The molecule has 0 heterocycles. The molecular formula is C15H25NO2. The van der Waals surface area contributed by atoms with E-state index in [0.717, 1.165) is 25.3 Å². The molecule has 0 aliphatic carbocycles. The lowest BCUT2D eigenvalue weighted by molar-refractivity contribution is 0.171. The van der Waals surface area contributed by atoms with Gasteiger partial charge in [0.05, 0.1) is 6.61 Å². The van der Waals surface area contributed by atoms with Gasteiger partial charge in [-0.15, -0.1) is 0 Å². The highest BCUT2D eigenvalue weighted by Gasteiger charge is 2.07. The molecule has 0 atom stereocenters. The monoisotopic (exact) mass is 251 g/mol. The summed E-state index contributed by atoms with van der Waals surface area (Å²) in [4.78, 5) is 0. The van der Waals surface area contributed by atoms with Crippen molar-refractivity contribution >= 4 is 0 Å². The van der Waals surface area contributed by atoms with Crippen LogP contribution in [0.1, 0.15) is 31.4 Å².